The number of rotatable bonds is 5. The van der Waals surface area contributed by atoms with Crippen molar-refractivity contribution < 1.29 is 0 Å². The molecule has 4 aromatic rings. The molecule has 7 heteroatoms. The summed E-state index contributed by atoms with van der Waals surface area (Å²) in [5, 5.41) is 8.74. The van der Waals surface area contributed by atoms with Crippen LogP contribution in [-0.4, -0.2) is 34.1 Å². The SMILES string of the molecule is Cc1[nH][nH]c(=O)c1C(c1ccc(N(C)C)cc1)c1c(C)[nH]n(-c2ccccc2)c1=O. The fraction of sp³-hybridized carbons (Fsp3) is 0.217. The molecule has 0 aliphatic rings. The normalized spacial score (nSPS) is 12.1. The lowest BCUT2D eigenvalue weighted by Crippen LogP contribution is -2.23. The molecule has 0 fully saturated rings. The first-order chi connectivity index (χ1) is 14.4. The molecule has 2 heterocycles. The summed E-state index contributed by atoms with van der Waals surface area (Å²) in [6, 6.07) is 17.4. The molecule has 7 nitrogen and oxygen atoms in total. The van der Waals surface area contributed by atoms with E-state index >= 15 is 0 Å². The predicted octanol–water partition coefficient (Wildman–Crippen LogP) is 3.05. The molecule has 0 radical (unpaired) electrons. The van der Waals surface area contributed by atoms with E-state index in [2.05, 4.69) is 15.3 Å². The fourth-order valence-electron chi connectivity index (χ4n) is 3.90. The number of anilines is 1. The van der Waals surface area contributed by atoms with E-state index in [1.165, 1.54) is 4.68 Å². The second kappa shape index (κ2) is 7.59. The Bertz CT molecular complexity index is 1270. The topological polar surface area (TPSA) is 89.7 Å². The van der Waals surface area contributed by atoms with Gasteiger partial charge in [-0.3, -0.25) is 19.8 Å². The molecule has 1 atom stereocenters. The third kappa shape index (κ3) is 3.28. The Balaban J connectivity index is 1.95. The first-order valence-corrected chi connectivity index (χ1v) is 9.80. The zero-order chi connectivity index (χ0) is 21.4. The van der Waals surface area contributed by atoms with E-state index in [0.717, 1.165) is 22.6 Å². The number of hydrogen-bond acceptors (Lipinski definition) is 3. The van der Waals surface area contributed by atoms with Gasteiger partial charge >= 0.3 is 0 Å². The Morgan fingerprint density at radius 3 is 2.07 bits per heavy atom. The van der Waals surface area contributed by atoms with E-state index in [1.54, 1.807) is 0 Å². The molecule has 2 aromatic carbocycles. The molecule has 4 rings (SSSR count). The van der Waals surface area contributed by atoms with Crippen molar-refractivity contribution in [2.45, 2.75) is 19.8 Å². The van der Waals surface area contributed by atoms with Crippen molar-refractivity contribution in [1.82, 2.24) is 20.0 Å². The van der Waals surface area contributed by atoms with E-state index in [4.69, 9.17) is 0 Å². The zero-order valence-electron chi connectivity index (χ0n) is 17.5. The average Bonchev–Trinajstić information content (AvgIpc) is 3.23. The second-order valence-corrected chi connectivity index (χ2v) is 7.66. The highest BCUT2D eigenvalue weighted by Gasteiger charge is 2.29. The van der Waals surface area contributed by atoms with Gasteiger partial charge in [0.1, 0.15) is 0 Å². The maximum Gasteiger partial charge on any atom is 0.275 e. The van der Waals surface area contributed by atoms with Crippen LogP contribution in [0.15, 0.2) is 64.2 Å². The van der Waals surface area contributed by atoms with Crippen LogP contribution in [0.3, 0.4) is 0 Å². The number of nitrogens with one attached hydrogen (secondary N) is 3. The van der Waals surface area contributed by atoms with Gasteiger partial charge < -0.3 is 10.00 Å². The molecular formula is C23H25N5O2. The number of benzene rings is 2. The monoisotopic (exact) mass is 403 g/mol. The van der Waals surface area contributed by atoms with E-state index in [0.29, 0.717) is 16.8 Å². The summed E-state index contributed by atoms with van der Waals surface area (Å²) in [6.45, 7) is 3.71. The molecule has 0 spiro atoms. The van der Waals surface area contributed by atoms with Gasteiger partial charge in [-0.2, -0.15) is 0 Å². The smallest absolute Gasteiger partial charge is 0.275 e. The van der Waals surface area contributed by atoms with Crippen LogP contribution in [0.2, 0.25) is 0 Å². The van der Waals surface area contributed by atoms with E-state index in [-0.39, 0.29) is 11.1 Å². The average molecular weight is 403 g/mol. The van der Waals surface area contributed by atoms with Crippen LogP contribution in [0, 0.1) is 13.8 Å². The summed E-state index contributed by atoms with van der Waals surface area (Å²) in [6.07, 6.45) is 0. The maximum absolute atomic E-state index is 13.5. The van der Waals surface area contributed by atoms with Gasteiger partial charge in [-0.25, -0.2) is 4.68 Å². The largest absolute Gasteiger partial charge is 0.378 e. The van der Waals surface area contributed by atoms with Crippen molar-refractivity contribution in [3.63, 3.8) is 0 Å². The summed E-state index contributed by atoms with van der Waals surface area (Å²) in [4.78, 5) is 28.2. The van der Waals surface area contributed by atoms with E-state index in [1.807, 2.05) is 87.4 Å². The molecule has 1 unspecified atom stereocenters. The molecule has 0 saturated carbocycles. The second-order valence-electron chi connectivity index (χ2n) is 7.66. The third-order valence-corrected chi connectivity index (χ3v) is 5.46. The Kier molecular flexibility index (Phi) is 4.95. The predicted molar refractivity (Wildman–Crippen MR) is 119 cm³/mol. The molecule has 0 bridgehead atoms. The fourth-order valence-corrected chi connectivity index (χ4v) is 3.90. The molecule has 30 heavy (non-hydrogen) atoms. The van der Waals surface area contributed by atoms with Gasteiger partial charge in [0.2, 0.25) is 0 Å². The highest BCUT2D eigenvalue weighted by atomic mass is 16.1. The van der Waals surface area contributed by atoms with Crippen LogP contribution in [0.5, 0.6) is 0 Å². The Morgan fingerprint density at radius 1 is 0.833 bits per heavy atom. The van der Waals surface area contributed by atoms with Crippen molar-refractivity contribution in [1.29, 1.82) is 0 Å². The Morgan fingerprint density at radius 2 is 1.50 bits per heavy atom. The zero-order valence-corrected chi connectivity index (χ0v) is 17.5. The van der Waals surface area contributed by atoms with Crippen molar-refractivity contribution in [2.75, 3.05) is 19.0 Å². The van der Waals surface area contributed by atoms with Crippen LogP contribution in [0.25, 0.3) is 5.69 Å². The molecular weight excluding hydrogens is 378 g/mol. The van der Waals surface area contributed by atoms with Crippen LogP contribution in [0.1, 0.15) is 34.0 Å². The van der Waals surface area contributed by atoms with Crippen molar-refractivity contribution >= 4 is 5.69 Å². The summed E-state index contributed by atoms with van der Waals surface area (Å²) in [5.74, 6) is -0.495. The van der Waals surface area contributed by atoms with Crippen LogP contribution < -0.4 is 16.0 Å². The number of aryl methyl sites for hydroxylation is 2. The minimum atomic E-state index is -0.495. The van der Waals surface area contributed by atoms with E-state index in [9.17, 15) is 9.59 Å². The molecule has 0 amide bonds. The summed E-state index contributed by atoms with van der Waals surface area (Å²) >= 11 is 0. The van der Waals surface area contributed by atoms with Gasteiger partial charge in [0, 0.05) is 37.1 Å². The number of aromatic amines is 3. The maximum atomic E-state index is 13.5. The number of hydrogen-bond donors (Lipinski definition) is 3. The highest BCUT2D eigenvalue weighted by Crippen LogP contribution is 2.32. The quantitative estimate of drug-likeness (QED) is 0.478. The molecule has 3 N–H and O–H groups in total. The lowest BCUT2D eigenvalue weighted by molar-refractivity contribution is 0.833. The highest BCUT2D eigenvalue weighted by molar-refractivity contribution is 5.51. The lowest BCUT2D eigenvalue weighted by atomic mass is 9.85. The first kappa shape index (κ1) is 19.6. The minimum absolute atomic E-state index is 0.166. The van der Waals surface area contributed by atoms with Gasteiger partial charge in [-0.15, -0.1) is 0 Å². The molecule has 0 saturated heterocycles. The number of aromatic nitrogens is 4. The minimum Gasteiger partial charge on any atom is -0.378 e. The van der Waals surface area contributed by atoms with Gasteiger partial charge in [-0.1, -0.05) is 30.3 Å². The number of para-hydroxylation sites is 1. The van der Waals surface area contributed by atoms with Crippen LogP contribution >= 0.6 is 0 Å². The van der Waals surface area contributed by atoms with Crippen LogP contribution in [0.4, 0.5) is 5.69 Å². The van der Waals surface area contributed by atoms with Crippen LogP contribution in [-0.2, 0) is 0 Å². The Hall–Kier alpha value is -3.74. The summed E-state index contributed by atoms with van der Waals surface area (Å²) in [7, 11) is 3.95. The van der Waals surface area contributed by atoms with Crippen molar-refractivity contribution in [3.05, 3.63) is 103 Å². The van der Waals surface area contributed by atoms with E-state index < -0.39 is 5.92 Å². The molecule has 2 aromatic heterocycles. The first-order valence-electron chi connectivity index (χ1n) is 9.80. The third-order valence-electron chi connectivity index (χ3n) is 5.46. The van der Waals surface area contributed by atoms with Gasteiger partial charge in [0.15, 0.2) is 0 Å². The van der Waals surface area contributed by atoms with Gasteiger partial charge in [0.25, 0.3) is 11.1 Å². The number of H-pyrrole nitrogens is 3. The van der Waals surface area contributed by atoms with Gasteiger partial charge in [0.05, 0.1) is 16.8 Å². The summed E-state index contributed by atoms with van der Waals surface area (Å²) < 4.78 is 1.53. The molecule has 0 aliphatic carbocycles. The molecule has 0 aliphatic heterocycles. The standard InChI is InChI=1S/C23H25N5O2/c1-14-19(22(29)25-24-14)21(16-10-12-17(13-11-16)27(3)4)20-15(2)26-28(23(20)30)18-8-6-5-7-9-18/h5-13,21,26H,1-4H3,(H2,24,25,29). The lowest BCUT2D eigenvalue weighted by Gasteiger charge is -2.18. The molecule has 154 valence electrons. The van der Waals surface area contributed by atoms with Gasteiger partial charge in [-0.05, 0) is 43.7 Å². The Labute approximate surface area is 174 Å². The van der Waals surface area contributed by atoms with Crippen molar-refractivity contribution in [3.8, 4) is 5.69 Å². The number of nitrogens with zero attached hydrogens (tertiary/aromatic N) is 2. The summed E-state index contributed by atoms with van der Waals surface area (Å²) in [5.41, 5.74) is 4.84. The van der Waals surface area contributed by atoms with Crippen molar-refractivity contribution in [2.24, 2.45) is 0 Å².